The highest BCUT2D eigenvalue weighted by molar-refractivity contribution is 5.44. The first-order valence-corrected chi connectivity index (χ1v) is 8.09. The first-order chi connectivity index (χ1) is 9.65. The Kier molecular flexibility index (Phi) is 7.61. The normalized spacial score (nSPS) is 18.0. The van der Waals surface area contributed by atoms with Gasteiger partial charge in [-0.1, -0.05) is 58.4 Å². The Morgan fingerprint density at radius 1 is 1.05 bits per heavy atom. The third-order valence-electron chi connectivity index (χ3n) is 3.79. The Morgan fingerprint density at radius 2 is 1.65 bits per heavy atom. The molecule has 1 aliphatic heterocycles. The summed E-state index contributed by atoms with van der Waals surface area (Å²) in [6.07, 6.45) is 12.8. The van der Waals surface area contributed by atoms with Crippen molar-refractivity contribution in [3.63, 3.8) is 0 Å². The van der Waals surface area contributed by atoms with Gasteiger partial charge < -0.3 is 0 Å². The van der Waals surface area contributed by atoms with Gasteiger partial charge in [-0.3, -0.25) is 4.90 Å². The molecular weight excluding hydrogens is 242 g/mol. The molecule has 0 spiro atoms. The summed E-state index contributed by atoms with van der Waals surface area (Å²) in [6.45, 7) is 12.8. The van der Waals surface area contributed by atoms with Crippen LogP contribution in [-0.4, -0.2) is 25.0 Å². The highest BCUT2D eigenvalue weighted by Gasteiger charge is 2.16. The fraction of sp³-hybridized carbons (Fsp3) is 0.579. The van der Waals surface area contributed by atoms with Gasteiger partial charge in [0.2, 0.25) is 0 Å². The summed E-state index contributed by atoms with van der Waals surface area (Å²) in [5, 5.41) is 0. The highest BCUT2D eigenvalue weighted by Crippen LogP contribution is 2.26. The topological polar surface area (TPSA) is 3.24 Å². The van der Waals surface area contributed by atoms with Crippen molar-refractivity contribution in [1.82, 2.24) is 4.90 Å². The molecule has 1 rings (SSSR count). The van der Waals surface area contributed by atoms with Gasteiger partial charge in [0.05, 0.1) is 0 Å². The largest absolute Gasteiger partial charge is 0.298 e. The van der Waals surface area contributed by atoms with Crippen LogP contribution in [-0.2, 0) is 0 Å². The van der Waals surface area contributed by atoms with E-state index in [9.17, 15) is 0 Å². The molecule has 1 nitrogen and oxygen atoms in total. The van der Waals surface area contributed by atoms with Crippen LogP contribution in [0.25, 0.3) is 0 Å². The van der Waals surface area contributed by atoms with Crippen molar-refractivity contribution in [1.29, 1.82) is 0 Å². The van der Waals surface area contributed by atoms with E-state index >= 15 is 0 Å². The third kappa shape index (κ3) is 4.79. The minimum absolute atomic E-state index is 1.04. The van der Waals surface area contributed by atoms with Gasteiger partial charge in [-0.25, -0.2) is 0 Å². The zero-order valence-electron chi connectivity index (χ0n) is 13.8. The fourth-order valence-corrected chi connectivity index (χ4v) is 2.89. The number of rotatable bonds is 8. The lowest BCUT2D eigenvalue weighted by atomic mass is 9.94. The van der Waals surface area contributed by atoms with Crippen molar-refractivity contribution in [3.8, 4) is 0 Å². The molecule has 1 heterocycles. The number of allylic oxidation sites excluding steroid dienone is 3. The molecule has 0 saturated heterocycles. The van der Waals surface area contributed by atoms with Gasteiger partial charge in [-0.15, -0.1) is 0 Å². The van der Waals surface area contributed by atoms with E-state index in [0.29, 0.717) is 0 Å². The molecule has 1 aliphatic rings. The highest BCUT2D eigenvalue weighted by atomic mass is 15.1. The molecule has 20 heavy (non-hydrogen) atoms. The van der Waals surface area contributed by atoms with Crippen LogP contribution in [0.2, 0.25) is 0 Å². The molecule has 0 aliphatic carbocycles. The summed E-state index contributed by atoms with van der Waals surface area (Å²) in [7, 11) is 2.18. The van der Waals surface area contributed by atoms with Gasteiger partial charge >= 0.3 is 0 Å². The zero-order valence-corrected chi connectivity index (χ0v) is 13.8. The molecule has 0 N–H and O–H groups in total. The standard InChI is InChI=1S/C19H31N/c1-6-10-17(11-7-2)18(12-8-3)13-19-15-20(5)14-16(19)9-4/h9-10,13H,4,6-8,11-12,14-15H2,1-3,5H3/b17-10+,18-13+. The summed E-state index contributed by atoms with van der Waals surface area (Å²) < 4.78 is 0. The van der Waals surface area contributed by atoms with Crippen LogP contribution in [0.1, 0.15) is 52.9 Å². The molecule has 0 atom stereocenters. The van der Waals surface area contributed by atoms with E-state index in [0.717, 1.165) is 19.5 Å². The van der Waals surface area contributed by atoms with Crippen molar-refractivity contribution in [2.75, 3.05) is 20.1 Å². The first kappa shape index (κ1) is 17.0. The molecule has 0 radical (unpaired) electrons. The van der Waals surface area contributed by atoms with Gasteiger partial charge in [0.25, 0.3) is 0 Å². The Bertz CT molecular complexity index is 409. The van der Waals surface area contributed by atoms with E-state index in [-0.39, 0.29) is 0 Å². The van der Waals surface area contributed by atoms with Gasteiger partial charge in [0.15, 0.2) is 0 Å². The first-order valence-electron chi connectivity index (χ1n) is 8.09. The monoisotopic (exact) mass is 273 g/mol. The number of nitrogens with zero attached hydrogens (tertiary/aromatic N) is 1. The summed E-state index contributed by atoms with van der Waals surface area (Å²) in [5.74, 6) is 0. The Labute approximate surface area is 125 Å². The molecule has 0 fully saturated rings. The minimum atomic E-state index is 1.04. The second-order valence-corrected chi connectivity index (χ2v) is 5.73. The maximum Gasteiger partial charge on any atom is 0.0237 e. The zero-order chi connectivity index (χ0) is 15.0. The van der Waals surface area contributed by atoms with Crippen LogP contribution in [0, 0.1) is 0 Å². The summed E-state index contributed by atoms with van der Waals surface area (Å²) >= 11 is 0. The maximum absolute atomic E-state index is 3.97. The molecule has 0 aromatic heterocycles. The van der Waals surface area contributed by atoms with E-state index in [1.165, 1.54) is 36.8 Å². The predicted octanol–water partition coefficient (Wildman–Crippen LogP) is 5.28. The Hall–Kier alpha value is -1.08. The molecule has 0 bridgehead atoms. The molecule has 112 valence electrons. The van der Waals surface area contributed by atoms with Crippen LogP contribution < -0.4 is 0 Å². The van der Waals surface area contributed by atoms with Gasteiger partial charge in [-0.05, 0) is 48.6 Å². The SMILES string of the molecule is C=CC1=C(/C=C(CCC)/C(=C/CC)CCC)CN(C)C1. The van der Waals surface area contributed by atoms with Crippen LogP contribution >= 0.6 is 0 Å². The minimum Gasteiger partial charge on any atom is -0.298 e. The van der Waals surface area contributed by atoms with Crippen LogP contribution in [0.4, 0.5) is 0 Å². The van der Waals surface area contributed by atoms with Crippen molar-refractivity contribution < 1.29 is 0 Å². The quantitative estimate of drug-likeness (QED) is 0.544. The molecular formula is C19H31N. The Morgan fingerprint density at radius 3 is 2.20 bits per heavy atom. The van der Waals surface area contributed by atoms with Crippen molar-refractivity contribution in [3.05, 3.63) is 47.1 Å². The van der Waals surface area contributed by atoms with Crippen molar-refractivity contribution in [2.45, 2.75) is 52.9 Å². The molecule has 0 aromatic carbocycles. The van der Waals surface area contributed by atoms with Crippen LogP contribution in [0.15, 0.2) is 47.1 Å². The Balaban J connectivity index is 3.08. The molecule has 0 unspecified atom stereocenters. The van der Waals surface area contributed by atoms with E-state index in [1.807, 2.05) is 6.08 Å². The number of hydrogen-bond donors (Lipinski definition) is 0. The van der Waals surface area contributed by atoms with Crippen molar-refractivity contribution >= 4 is 0 Å². The molecule has 0 saturated carbocycles. The van der Waals surface area contributed by atoms with E-state index in [2.05, 4.69) is 51.4 Å². The summed E-state index contributed by atoms with van der Waals surface area (Å²) in [4.78, 5) is 2.36. The summed E-state index contributed by atoms with van der Waals surface area (Å²) in [6, 6.07) is 0. The predicted molar refractivity (Wildman–Crippen MR) is 91.0 cm³/mol. The van der Waals surface area contributed by atoms with Gasteiger partial charge in [-0.2, -0.15) is 0 Å². The van der Waals surface area contributed by atoms with Gasteiger partial charge in [0, 0.05) is 13.1 Å². The molecule has 0 amide bonds. The number of likely N-dealkylation sites (N-methyl/N-ethyl adjacent to an activating group) is 1. The van der Waals surface area contributed by atoms with Crippen LogP contribution in [0.3, 0.4) is 0 Å². The lowest BCUT2D eigenvalue weighted by Gasteiger charge is -2.13. The van der Waals surface area contributed by atoms with E-state index < -0.39 is 0 Å². The average Bonchev–Trinajstić information content (AvgIpc) is 2.78. The van der Waals surface area contributed by atoms with Crippen LogP contribution in [0.5, 0.6) is 0 Å². The molecule has 1 heteroatoms. The second-order valence-electron chi connectivity index (χ2n) is 5.73. The van der Waals surface area contributed by atoms with Crippen molar-refractivity contribution in [2.24, 2.45) is 0 Å². The summed E-state index contributed by atoms with van der Waals surface area (Å²) in [5.41, 5.74) is 5.96. The second kappa shape index (κ2) is 8.97. The lowest BCUT2D eigenvalue weighted by molar-refractivity contribution is 0.428. The average molecular weight is 273 g/mol. The van der Waals surface area contributed by atoms with E-state index in [4.69, 9.17) is 0 Å². The van der Waals surface area contributed by atoms with Gasteiger partial charge in [0.1, 0.15) is 0 Å². The molecule has 0 aromatic rings. The fourth-order valence-electron chi connectivity index (χ4n) is 2.89. The maximum atomic E-state index is 3.97. The lowest BCUT2D eigenvalue weighted by Crippen LogP contribution is -2.14. The number of hydrogen-bond acceptors (Lipinski definition) is 1. The smallest absolute Gasteiger partial charge is 0.0237 e. The third-order valence-corrected chi connectivity index (χ3v) is 3.79. The van der Waals surface area contributed by atoms with E-state index in [1.54, 1.807) is 11.1 Å².